The van der Waals surface area contributed by atoms with Crippen molar-refractivity contribution in [3.8, 4) is 11.5 Å². The summed E-state index contributed by atoms with van der Waals surface area (Å²) in [6.45, 7) is 9.19. The van der Waals surface area contributed by atoms with E-state index in [9.17, 15) is 0 Å². The zero-order valence-corrected chi connectivity index (χ0v) is 43.6. The first kappa shape index (κ1) is 42.2. The Morgan fingerprint density at radius 3 is 1.37 bits per heavy atom. The number of hydrogen-bond donors (Lipinski definition) is 0. The lowest BCUT2D eigenvalue weighted by molar-refractivity contribution is 0.486. The number of benzene rings is 10. The molecule has 0 radical (unpaired) electrons. The highest BCUT2D eigenvalue weighted by Gasteiger charge is 2.54. The molecule has 0 fully saturated rings. The van der Waals surface area contributed by atoms with Crippen molar-refractivity contribution in [1.29, 1.82) is 0 Å². The summed E-state index contributed by atoms with van der Waals surface area (Å²) in [5.74, 6) is 1.88. The largest absolute Gasteiger partial charge is 0.458 e. The third kappa shape index (κ3) is 5.83. The predicted octanol–water partition coefficient (Wildman–Crippen LogP) is 9.84. The second-order valence-electron chi connectivity index (χ2n) is 21.0. The summed E-state index contributed by atoms with van der Waals surface area (Å²) >= 11 is 3.84. The van der Waals surface area contributed by atoms with Crippen molar-refractivity contribution < 1.29 is 4.74 Å². The van der Waals surface area contributed by atoms with Crippen molar-refractivity contribution >= 4 is 133 Å². The van der Waals surface area contributed by atoms with E-state index in [0.29, 0.717) is 0 Å². The maximum Gasteiger partial charge on any atom is 0.253 e. The van der Waals surface area contributed by atoms with E-state index in [0.717, 1.165) is 23.6 Å². The molecule has 0 aliphatic carbocycles. The topological polar surface area (TPSA) is 15.7 Å². The molecule has 10 aromatic rings. The molecule has 0 bridgehead atoms. The quantitative estimate of drug-likeness (QED) is 0.160. The summed E-state index contributed by atoms with van der Waals surface area (Å²) in [7, 11) is -3.04. The lowest BCUT2D eigenvalue weighted by Crippen LogP contribution is -2.79. The maximum absolute atomic E-state index is 7.05. The van der Waals surface area contributed by atoms with Crippen LogP contribution in [0.4, 0.5) is 34.1 Å². The monoisotopic (exact) mass is 984 g/mol. The van der Waals surface area contributed by atoms with E-state index >= 15 is 0 Å². The molecule has 0 saturated heterocycles. The van der Waals surface area contributed by atoms with Gasteiger partial charge in [0, 0.05) is 54.1 Å². The van der Waals surface area contributed by atoms with Crippen LogP contribution in [0.3, 0.4) is 0 Å². The van der Waals surface area contributed by atoms with E-state index in [1.807, 2.05) is 23.5 Å². The lowest BCUT2D eigenvalue weighted by Gasteiger charge is -2.50. The van der Waals surface area contributed by atoms with Crippen LogP contribution in [0.1, 0.15) is 33.4 Å². The molecule has 16 rings (SSSR count). The Hall–Kier alpha value is -7.35. The minimum Gasteiger partial charge on any atom is -0.458 e. The van der Waals surface area contributed by atoms with Gasteiger partial charge in [-0.25, -0.2) is 0 Å². The van der Waals surface area contributed by atoms with E-state index in [4.69, 9.17) is 4.74 Å². The molecule has 0 saturated carbocycles. The molecule has 6 heterocycles. The first-order valence-electron chi connectivity index (χ1n) is 25.6. The molecule has 344 valence electrons. The number of aryl methyl sites for hydroxylation is 4. The van der Waals surface area contributed by atoms with Crippen LogP contribution in [0.2, 0.25) is 0 Å². The molecule has 0 amide bonds. The summed E-state index contributed by atoms with van der Waals surface area (Å²) < 4.78 is 7.05. The van der Waals surface area contributed by atoms with Crippen molar-refractivity contribution in [2.45, 2.75) is 53.7 Å². The Bertz CT molecular complexity index is 3600. The molecular weight excluding hydrogens is 939 g/mol. The van der Waals surface area contributed by atoms with Crippen molar-refractivity contribution in [2.24, 2.45) is 0 Å². The molecule has 0 aromatic heterocycles. The number of ether oxygens (including phenoxy) is 1. The van der Waals surface area contributed by atoms with E-state index in [1.165, 1.54) is 135 Å². The fraction of sp³-hybridized carbons (Fsp3) is 0.0769. The van der Waals surface area contributed by atoms with Crippen LogP contribution in [0.25, 0.3) is 0 Å². The standard InChI is InChI=1S/C65H46B2N2OS2Si/c1-38-21-25-42-33-43-34-44(36-58-64(43)66(46(42)29-38)48-31-40(3)23-27-56(48)71-58)68-50-13-5-9-17-60(50)73(61-18-10-6-14-51(61)68)62-19-11-7-15-52(62)69(53-16-8-12-20-63(53)73)45-35-55-65-59(37-45)72-57-28-24-41(4)32-49(57)67(65)47-30-39(2)22-26-54(47)70-55/h5-32,34-37H,33H2,1-4H3. The van der Waals surface area contributed by atoms with Gasteiger partial charge in [-0.3, -0.25) is 0 Å². The molecule has 10 aromatic carbocycles. The second kappa shape index (κ2) is 15.3. The summed E-state index contributed by atoms with van der Waals surface area (Å²) in [6, 6.07) is 75.2. The Morgan fingerprint density at radius 2 is 0.822 bits per heavy atom. The van der Waals surface area contributed by atoms with Crippen LogP contribution in [-0.4, -0.2) is 21.5 Å². The van der Waals surface area contributed by atoms with Gasteiger partial charge in [0.1, 0.15) is 11.5 Å². The number of hydrogen-bond acceptors (Lipinski definition) is 5. The lowest BCUT2D eigenvalue weighted by atomic mass is 9.33. The molecule has 0 N–H and O–H groups in total. The number of nitrogens with zero attached hydrogens (tertiary/aromatic N) is 2. The minimum absolute atomic E-state index is 0.0999. The van der Waals surface area contributed by atoms with Crippen LogP contribution < -0.4 is 68.1 Å². The number of rotatable bonds is 2. The highest BCUT2D eigenvalue weighted by atomic mass is 32.2. The first-order valence-corrected chi connectivity index (χ1v) is 29.2. The van der Waals surface area contributed by atoms with Gasteiger partial charge in [-0.05, 0) is 138 Å². The molecule has 0 unspecified atom stereocenters. The average Bonchev–Trinajstić information content (AvgIpc) is 3.43. The average molecular weight is 985 g/mol. The van der Waals surface area contributed by atoms with Gasteiger partial charge >= 0.3 is 0 Å². The molecule has 8 heteroatoms. The van der Waals surface area contributed by atoms with Crippen LogP contribution in [0, 0.1) is 27.7 Å². The smallest absolute Gasteiger partial charge is 0.253 e. The molecule has 6 aliphatic heterocycles. The number of anilines is 6. The van der Waals surface area contributed by atoms with Crippen molar-refractivity contribution in [3.63, 3.8) is 0 Å². The van der Waals surface area contributed by atoms with Gasteiger partial charge < -0.3 is 14.5 Å². The predicted molar refractivity (Wildman–Crippen MR) is 312 cm³/mol. The highest BCUT2D eigenvalue weighted by Crippen LogP contribution is 2.48. The van der Waals surface area contributed by atoms with Crippen LogP contribution in [0.5, 0.6) is 11.5 Å². The Morgan fingerprint density at radius 1 is 0.384 bits per heavy atom. The number of para-hydroxylation sites is 4. The van der Waals surface area contributed by atoms with Gasteiger partial charge in [-0.2, -0.15) is 0 Å². The normalized spacial score (nSPS) is 15.1. The number of fused-ring (bicyclic) bond motifs is 16. The molecule has 3 nitrogen and oxygen atoms in total. The van der Waals surface area contributed by atoms with E-state index < -0.39 is 8.07 Å². The van der Waals surface area contributed by atoms with Crippen molar-refractivity contribution in [1.82, 2.24) is 0 Å². The maximum atomic E-state index is 7.05. The second-order valence-corrected chi connectivity index (χ2v) is 26.9. The summed E-state index contributed by atoms with van der Waals surface area (Å²) in [5, 5.41) is 5.61. The van der Waals surface area contributed by atoms with Gasteiger partial charge in [0.25, 0.3) is 6.71 Å². The van der Waals surface area contributed by atoms with Crippen molar-refractivity contribution in [3.05, 3.63) is 228 Å². The van der Waals surface area contributed by atoms with Crippen LogP contribution in [-0.2, 0) is 6.42 Å². The highest BCUT2D eigenvalue weighted by molar-refractivity contribution is 8.00. The Balaban J connectivity index is 0.894. The third-order valence-corrected chi connectivity index (χ3v) is 23.9. The summed E-state index contributed by atoms with van der Waals surface area (Å²) in [6.07, 6.45) is 0.920. The zero-order chi connectivity index (χ0) is 48.4. The molecule has 0 atom stereocenters. The summed E-state index contributed by atoms with van der Waals surface area (Å²) in [5.41, 5.74) is 23.6. The third-order valence-electron chi connectivity index (χ3n) is 16.7. The molecule has 1 spiro atoms. The minimum atomic E-state index is -3.04. The zero-order valence-electron chi connectivity index (χ0n) is 41.0. The van der Waals surface area contributed by atoms with Gasteiger partial charge in [-0.1, -0.05) is 195 Å². The van der Waals surface area contributed by atoms with E-state index in [1.54, 1.807) is 0 Å². The fourth-order valence-corrected chi connectivity index (χ4v) is 21.6. The van der Waals surface area contributed by atoms with Crippen LogP contribution in [0.15, 0.2) is 214 Å². The van der Waals surface area contributed by atoms with Crippen molar-refractivity contribution in [2.75, 3.05) is 9.80 Å². The van der Waals surface area contributed by atoms with Crippen LogP contribution >= 0.6 is 23.5 Å². The van der Waals surface area contributed by atoms with Gasteiger partial charge in [-0.15, -0.1) is 0 Å². The molecule has 6 aliphatic rings. The molecular formula is C65H46B2N2OS2Si. The van der Waals surface area contributed by atoms with Gasteiger partial charge in [0.2, 0.25) is 6.71 Å². The molecule has 73 heavy (non-hydrogen) atoms. The summed E-state index contributed by atoms with van der Waals surface area (Å²) in [4.78, 5) is 10.5. The van der Waals surface area contributed by atoms with E-state index in [-0.39, 0.29) is 13.4 Å². The van der Waals surface area contributed by atoms with Gasteiger partial charge in [0.15, 0.2) is 8.07 Å². The Labute approximate surface area is 437 Å². The Kier molecular flexibility index (Phi) is 8.87. The SMILES string of the molecule is Cc1ccc2c(c1)B1c3cc(C)ccc3Sc3cc(N4c5ccccc5[Si]5(c6ccccc64)c4ccccc4N(c4cc6c7c(c4)Sc4ccc(C)cc4B7c4cc(C)ccc4O6)c4ccccc45)cc(c31)C2. The fourth-order valence-electron chi connectivity index (χ4n) is 13.8. The first-order chi connectivity index (χ1) is 35.8. The van der Waals surface area contributed by atoms with E-state index in [2.05, 4.69) is 232 Å². The van der Waals surface area contributed by atoms with Gasteiger partial charge in [0.05, 0.1) is 5.69 Å².